The first-order chi connectivity index (χ1) is 22.8. The Kier molecular flexibility index (Phi) is 16.1. The van der Waals surface area contributed by atoms with Gasteiger partial charge in [-0.3, -0.25) is 14.5 Å². The SMILES string of the molecule is CCOC(=O)CN1CCN(C(=O)O[C@H]2/C=C/[C@H](C)[C@@H](/C(C)=C/C=C/[C@@H](C)C[C@H]3O[C@@H]3[C@H](C)[C@@H](O)CC)OC(=O)C[C@H](O)CC[C@@H]2C)CC1. The summed E-state index contributed by atoms with van der Waals surface area (Å²) in [5, 5.41) is 20.8. The summed E-state index contributed by atoms with van der Waals surface area (Å²) in [7, 11) is 0. The van der Waals surface area contributed by atoms with Crippen molar-refractivity contribution in [1.29, 1.82) is 0 Å². The lowest BCUT2D eigenvalue weighted by Gasteiger charge is -2.35. The second kappa shape index (κ2) is 19.5. The molecule has 0 unspecified atom stereocenters. The van der Waals surface area contributed by atoms with E-state index < -0.39 is 30.4 Å². The lowest BCUT2D eigenvalue weighted by atomic mass is 9.92. The van der Waals surface area contributed by atoms with Gasteiger partial charge in [0.2, 0.25) is 0 Å². The van der Waals surface area contributed by atoms with Crippen molar-refractivity contribution in [2.45, 2.75) is 117 Å². The number of aliphatic hydroxyl groups excluding tert-OH is 2. The fraction of sp³-hybridized carbons (Fsp3) is 0.757. The van der Waals surface area contributed by atoms with Crippen LogP contribution in [0.1, 0.15) is 80.6 Å². The number of carbonyl (C=O) groups excluding carboxylic acids is 3. The first-order valence-electron chi connectivity index (χ1n) is 17.9. The van der Waals surface area contributed by atoms with Crippen LogP contribution in [0.2, 0.25) is 0 Å². The Bertz CT molecular complexity index is 1130. The van der Waals surface area contributed by atoms with Crippen molar-refractivity contribution in [1.82, 2.24) is 9.80 Å². The van der Waals surface area contributed by atoms with Gasteiger partial charge in [0.25, 0.3) is 0 Å². The molecule has 0 spiro atoms. The number of carbonyl (C=O) groups is 3. The number of hydrogen-bond acceptors (Lipinski definition) is 10. The molecule has 11 nitrogen and oxygen atoms in total. The second-order valence-electron chi connectivity index (χ2n) is 14.0. The van der Waals surface area contributed by atoms with E-state index in [1.54, 1.807) is 11.8 Å². The van der Waals surface area contributed by atoms with Crippen LogP contribution in [0.4, 0.5) is 4.79 Å². The summed E-state index contributed by atoms with van der Waals surface area (Å²) in [5.41, 5.74) is 0.859. The van der Waals surface area contributed by atoms with Crippen LogP contribution < -0.4 is 0 Å². The van der Waals surface area contributed by atoms with Gasteiger partial charge in [-0.2, -0.15) is 0 Å². The Morgan fingerprint density at radius 1 is 1.10 bits per heavy atom. The van der Waals surface area contributed by atoms with Crippen LogP contribution in [0.15, 0.2) is 36.0 Å². The average molecular weight is 677 g/mol. The zero-order valence-corrected chi connectivity index (χ0v) is 30.1. The molecule has 3 rings (SSSR count). The molecule has 0 radical (unpaired) electrons. The van der Waals surface area contributed by atoms with Crippen LogP contribution in [0.25, 0.3) is 0 Å². The van der Waals surface area contributed by atoms with Crippen LogP contribution in [0, 0.1) is 23.7 Å². The third-order valence-electron chi connectivity index (χ3n) is 9.80. The molecule has 2 fully saturated rings. The topological polar surface area (TPSA) is 138 Å². The molecular formula is C37H60N2O9. The van der Waals surface area contributed by atoms with Gasteiger partial charge in [0.05, 0.1) is 44.0 Å². The van der Waals surface area contributed by atoms with E-state index in [-0.39, 0.29) is 60.9 Å². The van der Waals surface area contributed by atoms with Crippen LogP contribution in [0.5, 0.6) is 0 Å². The molecule has 0 bridgehead atoms. The Morgan fingerprint density at radius 3 is 2.48 bits per heavy atom. The predicted molar refractivity (Wildman–Crippen MR) is 183 cm³/mol. The van der Waals surface area contributed by atoms with E-state index in [1.807, 2.05) is 63.8 Å². The molecule has 3 aliphatic rings. The van der Waals surface area contributed by atoms with Crippen molar-refractivity contribution < 1.29 is 43.5 Å². The van der Waals surface area contributed by atoms with Crippen molar-refractivity contribution in [2.24, 2.45) is 23.7 Å². The van der Waals surface area contributed by atoms with Crippen LogP contribution in [0.3, 0.4) is 0 Å². The van der Waals surface area contributed by atoms with E-state index in [4.69, 9.17) is 18.9 Å². The fourth-order valence-electron chi connectivity index (χ4n) is 6.45. The van der Waals surface area contributed by atoms with E-state index in [0.717, 1.165) is 18.4 Å². The number of amides is 1. The van der Waals surface area contributed by atoms with Gasteiger partial charge in [0, 0.05) is 38.0 Å². The molecule has 2 N–H and O–H groups in total. The number of cyclic esters (lactones) is 1. The first-order valence-corrected chi connectivity index (χ1v) is 17.9. The molecule has 48 heavy (non-hydrogen) atoms. The van der Waals surface area contributed by atoms with E-state index in [9.17, 15) is 24.6 Å². The van der Waals surface area contributed by atoms with Crippen LogP contribution in [-0.2, 0) is 28.5 Å². The summed E-state index contributed by atoms with van der Waals surface area (Å²) in [6.07, 6.45) is 9.84. The highest BCUT2D eigenvalue weighted by molar-refractivity contribution is 5.72. The molecule has 272 valence electrons. The molecule has 0 aliphatic carbocycles. The smallest absolute Gasteiger partial charge is 0.410 e. The van der Waals surface area contributed by atoms with Crippen molar-refractivity contribution in [3.05, 3.63) is 36.0 Å². The van der Waals surface area contributed by atoms with Crippen LogP contribution in [-0.4, -0.2) is 114 Å². The van der Waals surface area contributed by atoms with Crippen molar-refractivity contribution in [2.75, 3.05) is 39.3 Å². The zero-order valence-electron chi connectivity index (χ0n) is 30.1. The standard InChI is InChI=1S/C37H60N2O9/c1-8-30(41)28(7)36-32(46-36)21-24(3)11-10-12-26(5)35-27(6)14-16-31(25(4)13-15-29(40)22-33(42)48-35)47-37(44)39-19-17-38(18-20-39)23-34(43)45-9-2/h10-12,14,16,24-25,27-32,35-36,40-41H,8-9,13,15,17-23H2,1-7H3/b11-10+,16-14+,26-12+/t24-,25+,27+,28-,29-,30+,31+,32-,35-,36-/m1/s1. The third kappa shape index (κ3) is 12.6. The maximum absolute atomic E-state index is 13.2. The quantitative estimate of drug-likeness (QED) is 0.0987. The van der Waals surface area contributed by atoms with Gasteiger partial charge in [-0.15, -0.1) is 0 Å². The fourth-order valence-corrected chi connectivity index (χ4v) is 6.45. The number of allylic oxidation sites excluding steroid dienone is 3. The van der Waals surface area contributed by atoms with E-state index in [2.05, 4.69) is 13.0 Å². The lowest BCUT2D eigenvalue weighted by molar-refractivity contribution is -0.151. The molecule has 0 aromatic heterocycles. The minimum absolute atomic E-state index is 0.0876. The van der Waals surface area contributed by atoms with Gasteiger partial charge < -0.3 is 34.1 Å². The summed E-state index contributed by atoms with van der Waals surface area (Å²) in [6, 6.07) is 0. The number of aliphatic hydroxyl groups is 2. The van der Waals surface area contributed by atoms with Gasteiger partial charge in [-0.25, -0.2) is 4.79 Å². The summed E-state index contributed by atoms with van der Waals surface area (Å²) in [6.45, 7) is 16.3. The normalized spacial score (nSPS) is 31.9. The number of piperazine rings is 1. The molecule has 2 saturated heterocycles. The number of epoxide rings is 1. The average Bonchev–Trinajstić information content (AvgIpc) is 3.81. The Balaban J connectivity index is 1.64. The van der Waals surface area contributed by atoms with E-state index in [1.165, 1.54) is 0 Å². The van der Waals surface area contributed by atoms with Gasteiger partial charge in [-0.05, 0) is 63.0 Å². The Labute approximate surface area is 287 Å². The highest BCUT2D eigenvalue weighted by Gasteiger charge is 2.45. The Hall–Kier alpha value is -2.73. The highest BCUT2D eigenvalue weighted by atomic mass is 16.6. The van der Waals surface area contributed by atoms with Crippen LogP contribution >= 0.6 is 0 Å². The number of esters is 2. The number of hydrogen-bond donors (Lipinski definition) is 2. The summed E-state index contributed by atoms with van der Waals surface area (Å²) in [4.78, 5) is 41.5. The second-order valence-corrected chi connectivity index (χ2v) is 14.0. The minimum atomic E-state index is -0.859. The predicted octanol–water partition coefficient (Wildman–Crippen LogP) is 4.66. The van der Waals surface area contributed by atoms with Crippen molar-refractivity contribution in [3.8, 4) is 0 Å². The van der Waals surface area contributed by atoms with E-state index in [0.29, 0.717) is 45.6 Å². The van der Waals surface area contributed by atoms with Gasteiger partial charge in [-0.1, -0.05) is 58.9 Å². The number of ether oxygens (including phenoxy) is 4. The summed E-state index contributed by atoms with van der Waals surface area (Å²) in [5.74, 6) is -0.647. The molecule has 3 aliphatic heterocycles. The largest absolute Gasteiger partial charge is 0.465 e. The first kappa shape index (κ1) is 39.7. The monoisotopic (exact) mass is 676 g/mol. The minimum Gasteiger partial charge on any atom is -0.465 e. The maximum Gasteiger partial charge on any atom is 0.410 e. The summed E-state index contributed by atoms with van der Waals surface area (Å²) < 4.78 is 22.8. The molecule has 1 amide bonds. The molecule has 11 heteroatoms. The zero-order chi connectivity index (χ0) is 35.4. The molecule has 3 heterocycles. The molecule has 0 aromatic rings. The van der Waals surface area contributed by atoms with Gasteiger partial charge in [0.15, 0.2) is 0 Å². The molecular weight excluding hydrogens is 616 g/mol. The summed E-state index contributed by atoms with van der Waals surface area (Å²) >= 11 is 0. The molecule has 0 saturated carbocycles. The van der Waals surface area contributed by atoms with Crippen molar-refractivity contribution in [3.63, 3.8) is 0 Å². The van der Waals surface area contributed by atoms with E-state index >= 15 is 0 Å². The lowest BCUT2D eigenvalue weighted by Crippen LogP contribution is -2.50. The van der Waals surface area contributed by atoms with Crippen molar-refractivity contribution >= 4 is 18.0 Å². The maximum atomic E-state index is 13.2. The molecule has 10 atom stereocenters. The number of nitrogens with zero attached hydrogens (tertiary/aromatic N) is 2. The highest BCUT2D eigenvalue weighted by Crippen LogP contribution is 2.36. The third-order valence-corrected chi connectivity index (χ3v) is 9.80. The number of rotatable bonds is 12. The Morgan fingerprint density at radius 2 is 1.81 bits per heavy atom. The van der Waals surface area contributed by atoms with Gasteiger partial charge in [0.1, 0.15) is 12.2 Å². The van der Waals surface area contributed by atoms with Gasteiger partial charge >= 0.3 is 18.0 Å². The molecule has 0 aromatic carbocycles.